The zero-order valence-corrected chi connectivity index (χ0v) is 31.7. The van der Waals surface area contributed by atoms with Gasteiger partial charge in [-0.15, -0.1) is 16.4 Å². The smallest absolute Gasteiger partial charge is 0.164 e. The fourth-order valence-corrected chi connectivity index (χ4v) is 8.93. The highest BCUT2D eigenvalue weighted by Crippen LogP contribution is 2.51. The molecular weight excluding hydrogens is 703 g/mol. The van der Waals surface area contributed by atoms with Crippen LogP contribution in [0.25, 0.3) is 94.7 Å². The van der Waals surface area contributed by atoms with Crippen molar-refractivity contribution in [1.82, 2.24) is 19.5 Å². The van der Waals surface area contributed by atoms with Crippen molar-refractivity contribution in [3.8, 4) is 51.0 Å². The molecule has 0 bridgehead atoms. The van der Waals surface area contributed by atoms with Gasteiger partial charge in [0, 0.05) is 49.3 Å². The molecule has 11 rings (SSSR count). The zero-order chi connectivity index (χ0) is 39.6. The molecule has 10 heteroatoms. The normalized spacial score (nSPS) is 13.1. The van der Waals surface area contributed by atoms with E-state index in [4.69, 9.17) is 58.6 Å². The Morgan fingerprint density at radius 3 is 1.90 bits per heavy atom. The highest BCUT2D eigenvalue weighted by atomic mass is 16.3. The summed E-state index contributed by atoms with van der Waals surface area (Å²) < 4.78 is 8.58. The lowest BCUT2D eigenvalue weighted by molar-refractivity contribution is 0.661. The molecule has 5 nitrogen and oxygen atoms in total. The van der Waals surface area contributed by atoms with Crippen molar-refractivity contribution < 1.29 is 4.42 Å². The van der Waals surface area contributed by atoms with E-state index in [9.17, 15) is 0 Å². The molecule has 3 aromatic heterocycles. The molecule has 0 N–H and O–H groups in total. The largest absolute Gasteiger partial charge is 0.456 e. The summed E-state index contributed by atoms with van der Waals surface area (Å²) in [6.45, 7) is 4.61. The fourth-order valence-electron chi connectivity index (χ4n) is 8.93. The monoisotopic (exact) mass is 730 g/mol. The molecule has 0 saturated carbocycles. The van der Waals surface area contributed by atoms with Gasteiger partial charge in [0.05, 0.1) is 11.0 Å². The van der Waals surface area contributed by atoms with Crippen molar-refractivity contribution in [3.05, 3.63) is 139 Å². The average Bonchev–Trinajstić information content (AvgIpc) is 3.86. The first-order chi connectivity index (χ1) is 28.1. The van der Waals surface area contributed by atoms with Gasteiger partial charge < -0.3 is 8.98 Å². The lowest BCUT2D eigenvalue weighted by atomic mass is 9.60. The molecule has 0 atom stereocenters. The molecule has 0 unspecified atom stereocenters. The molecule has 1 aliphatic rings. The van der Waals surface area contributed by atoms with Gasteiger partial charge in [-0.1, -0.05) is 104 Å². The standard InChI is InChI=1S/C48H27B5N4O/c1-48(2)33-15-6-3-12-27(33)31-22-32-28-13-4-7-16-35(28)57(36(32)23-34(31)48)26-11-9-10-24(20-26)45-54-46(25-18-19-30-29-14-5-8-17-37(29)58-38(30)21-25)56-47(55-45)39-40(49)42(51)44(53)43(52)41(39)50/h3-23H,1-2H3. The minimum absolute atomic E-state index is 0.111. The van der Waals surface area contributed by atoms with E-state index < -0.39 is 0 Å². The van der Waals surface area contributed by atoms with Crippen molar-refractivity contribution in [1.29, 1.82) is 0 Å². The number of furan rings is 1. The van der Waals surface area contributed by atoms with E-state index in [1.807, 2.05) is 54.6 Å². The Hall–Kier alpha value is -6.53. The van der Waals surface area contributed by atoms with Gasteiger partial charge in [0.25, 0.3) is 0 Å². The van der Waals surface area contributed by atoms with Crippen LogP contribution in [0.4, 0.5) is 0 Å². The Labute approximate surface area is 341 Å². The second-order valence-electron chi connectivity index (χ2n) is 15.5. The number of fused-ring (bicyclic) bond motifs is 9. The molecule has 3 heterocycles. The summed E-state index contributed by atoms with van der Waals surface area (Å²) in [4.78, 5) is 15.0. The molecule has 1 aliphatic carbocycles. The third-order valence-electron chi connectivity index (χ3n) is 11.9. The van der Waals surface area contributed by atoms with E-state index in [1.54, 1.807) is 0 Å². The quantitative estimate of drug-likeness (QED) is 0.204. The molecule has 7 aromatic carbocycles. The second kappa shape index (κ2) is 12.5. The van der Waals surface area contributed by atoms with E-state index in [0.29, 0.717) is 22.8 Å². The molecule has 0 fully saturated rings. The van der Waals surface area contributed by atoms with Gasteiger partial charge in [0.15, 0.2) is 17.5 Å². The molecule has 10 aromatic rings. The summed E-state index contributed by atoms with van der Waals surface area (Å²) in [5.74, 6) is 0.991. The van der Waals surface area contributed by atoms with Crippen LogP contribution in [0.1, 0.15) is 25.0 Å². The van der Waals surface area contributed by atoms with Crippen LogP contribution in [0.5, 0.6) is 0 Å². The number of aromatic nitrogens is 4. The number of hydrogen-bond donors (Lipinski definition) is 0. The topological polar surface area (TPSA) is 56.7 Å². The SMILES string of the molecule is [B]c1c([B])c([B])c(-c2nc(-c3cccc(-n4c5ccccc5c5cc6c(cc54)C(C)(C)c4ccccc4-6)c3)nc(-c3ccc4c(c3)oc3ccccc34)n2)c([B])c1[B]. The van der Waals surface area contributed by atoms with E-state index in [1.165, 1.54) is 33.0 Å². The van der Waals surface area contributed by atoms with Crippen molar-refractivity contribution >= 4 is 110 Å². The van der Waals surface area contributed by atoms with Gasteiger partial charge in [0.1, 0.15) is 50.4 Å². The molecule has 0 amide bonds. The Balaban J connectivity index is 1.13. The summed E-state index contributed by atoms with van der Waals surface area (Å²) in [6.07, 6.45) is 0. The third-order valence-corrected chi connectivity index (χ3v) is 11.9. The van der Waals surface area contributed by atoms with Crippen molar-refractivity contribution in [2.75, 3.05) is 0 Å². The van der Waals surface area contributed by atoms with Gasteiger partial charge in [-0.05, 0) is 70.8 Å². The highest BCUT2D eigenvalue weighted by Gasteiger charge is 2.36. The van der Waals surface area contributed by atoms with Crippen LogP contribution in [0.3, 0.4) is 0 Å². The van der Waals surface area contributed by atoms with Gasteiger partial charge in [-0.25, -0.2) is 15.0 Å². The van der Waals surface area contributed by atoms with Crippen LogP contribution in [-0.2, 0) is 5.41 Å². The maximum absolute atomic E-state index is 6.60. The summed E-state index contributed by atoms with van der Waals surface area (Å²) in [7, 11) is 32.1. The van der Waals surface area contributed by atoms with Crippen molar-refractivity contribution in [2.24, 2.45) is 0 Å². The van der Waals surface area contributed by atoms with Crippen LogP contribution >= 0.6 is 0 Å². The Morgan fingerprint density at radius 1 is 0.466 bits per heavy atom. The summed E-state index contributed by atoms with van der Waals surface area (Å²) in [5.41, 5.74) is 12.0. The van der Waals surface area contributed by atoms with E-state index in [2.05, 4.69) is 91.2 Å². The summed E-state index contributed by atoms with van der Waals surface area (Å²) in [6, 6.07) is 44.1. The fraction of sp³-hybridized carbons (Fsp3) is 0.0625. The van der Waals surface area contributed by atoms with E-state index >= 15 is 0 Å². The van der Waals surface area contributed by atoms with Crippen LogP contribution in [0.2, 0.25) is 0 Å². The minimum atomic E-state index is -0.162. The maximum Gasteiger partial charge on any atom is 0.164 e. The van der Waals surface area contributed by atoms with Crippen LogP contribution in [0.15, 0.2) is 132 Å². The van der Waals surface area contributed by atoms with Gasteiger partial charge in [-0.2, -0.15) is 0 Å². The summed E-state index contributed by atoms with van der Waals surface area (Å²) in [5, 5.41) is 4.36. The number of benzene rings is 7. The minimum Gasteiger partial charge on any atom is -0.456 e. The predicted molar refractivity (Wildman–Crippen MR) is 242 cm³/mol. The Morgan fingerprint density at radius 2 is 1.10 bits per heavy atom. The van der Waals surface area contributed by atoms with Gasteiger partial charge in [0.2, 0.25) is 0 Å². The van der Waals surface area contributed by atoms with Gasteiger partial charge >= 0.3 is 0 Å². The molecule has 10 radical (unpaired) electrons. The molecule has 260 valence electrons. The summed E-state index contributed by atoms with van der Waals surface area (Å²) >= 11 is 0. The molecule has 58 heavy (non-hydrogen) atoms. The number of rotatable bonds is 4. The van der Waals surface area contributed by atoms with Crippen LogP contribution in [0, 0.1) is 0 Å². The highest BCUT2D eigenvalue weighted by molar-refractivity contribution is 6.68. The van der Waals surface area contributed by atoms with E-state index in [-0.39, 0.29) is 44.1 Å². The van der Waals surface area contributed by atoms with Crippen LogP contribution < -0.4 is 27.3 Å². The lowest BCUT2D eigenvalue weighted by Crippen LogP contribution is -2.55. The number of nitrogens with zero attached hydrogens (tertiary/aromatic N) is 4. The number of hydrogen-bond acceptors (Lipinski definition) is 4. The zero-order valence-electron chi connectivity index (χ0n) is 31.7. The van der Waals surface area contributed by atoms with Gasteiger partial charge in [-0.3, -0.25) is 0 Å². The molecular formula is C48H27B5N4O. The Bertz CT molecular complexity index is 3370. The molecule has 0 aliphatic heterocycles. The first-order valence-electron chi connectivity index (χ1n) is 19.1. The molecule has 0 saturated heterocycles. The van der Waals surface area contributed by atoms with E-state index in [0.717, 1.165) is 38.6 Å². The number of para-hydroxylation sites is 2. The first-order valence-corrected chi connectivity index (χ1v) is 19.1. The maximum atomic E-state index is 6.60. The lowest BCUT2D eigenvalue weighted by Gasteiger charge is -2.21. The third kappa shape index (κ3) is 4.94. The van der Waals surface area contributed by atoms with Crippen LogP contribution in [-0.4, -0.2) is 58.8 Å². The predicted octanol–water partition coefficient (Wildman–Crippen LogP) is 6.14. The average molecular weight is 730 g/mol. The second-order valence-corrected chi connectivity index (χ2v) is 15.5. The van der Waals surface area contributed by atoms with Crippen molar-refractivity contribution in [3.63, 3.8) is 0 Å². The van der Waals surface area contributed by atoms with Crippen molar-refractivity contribution in [2.45, 2.75) is 19.3 Å². The Kier molecular flexibility index (Phi) is 7.47. The molecule has 0 spiro atoms. The first kappa shape index (κ1) is 34.7.